The average Bonchev–Trinajstić information content (AvgIpc) is 2.83. The number of unbranched alkanes of at least 4 members (excludes halogenated alkanes) is 1. The Bertz CT molecular complexity index is 1450. The molecule has 0 aliphatic heterocycles. The maximum Gasteiger partial charge on any atom is 0.282 e. The third kappa shape index (κ3) is 6.29. The van der Waals surface area contributed by atoms with Crippen LogP contribution in [0.4, 0.5) is 4.39 Å². The van der Waals surface area contributed by atoms with E-state index in [1.165, 1.54) is 10.7 Å². The van der Waals surface area contributed by atoms with Gasteiger partial charge in [0.05, 0.1) is 24.3 Å². The Hall–Kier alpha value is -1.86. The van der Waals surface area contributed by atoms with Gasteiger partial charge in [-0.1, -0.05) is 47.5 Å². The summed E-state index contributed by atoms with van der Waals surface area (Å²) in [5, 5.41) is 5.04. The second-order valence-electron chi connectivity index (χ2n) is 7.85. The molecule has 0 N–H and O–H groups in total. The summed E-state index contributed by atoms with van der Waals surface area (Å²) < 4.78 is 23.8. The molecule has 0 unspecified atom stereocenters. The van der Waals surface area contributed by atoms with E-state index in [0.29, 0.717) is 34.5 Å². The first-order chi connectivity index (χ1) is 16.9. The molecule has 3 aromatic carbocycles. The fourth-order valence-electron chi connectivity index (χ4n) is 3.49. The number of benzene rings is 3. The normalized spacial score (nSPS) is 11.5. The lowest BCUT2D eigenvalue weighted by Gasteiger charge is -2.12. The van der Waals surface area contributed by atoms with Gasteiger partial charge in [-0.2, -0.15) is 9.78 Å². The van der Waals surface area contributed by atoms with Crippen molar-refractivity contribution in [2.45, 2.75) is 32.8 Å². The smallest absolute Gasteiger partial charge is 0.282 e. The highest BCUT2D eigenvalue weighted by Crippen LogP contribution is 2.29. The van der Waals surface area contributed by atoms with E-state index in [1.807, 2.05) is 24.3 Å². The zero-order chi connectivity index (χ0) is 24.9. The van der Waals surface area contributed by atoms with Crippen molar-refractivity contribution < 1.29 is 9.13 Å². The van der Waals surface area contributed by atoms with Crippen molar-refractivity contribution in [1.82, 2.24) is 9.66 Å². The Labute approximate surface area is 238 Å². The SMILES string of the molecule is CCCCc1nc2ccc(Br)cc2c(=O)n1N=Cc1cc(I)c(OCc2ccccc2F)c(I)c1. The molecule has 4 aromatic rings. The molecule has 1 aromatic heterocycles. The molecule has 0 aliphatic carbocycles. The molecule has 0 aliphatic rings. The summed E-state index contributed by atoms with van der Waals surface area (Å²) in [6, 6.07) is 15.9. The predicted octanol–water partition coefficient (Wildman–Crippen LogP) is 7.31. The number of halogens is 4. The molecule has 180 valence electrons. The van der Waals surface area contributed by atoms with Gasteiger partial charge in [-0.25, -0.2) is 9.37 Å². The van der Waals surface area contributed by atoms with E-state index in [2.05, 4.69) is 73.1 Å². The lowest BCUT2D eigenvalue weighted by Crippen LogP contribution is -2.22. The molecular formula is C26H21BrFI2N3O2. The number of rotatable bonds is 8. The number of hydrogen-bond donors (Lipinski definition) is 0. The first kappa shape index (κ1) is 26.2. The van der Waals surface area contributed by atoms with E-state index in [4.69, 9.17) is 9.72 Å². The molecule has 0 saturated heterocycles. The number of ether oxygens (including phenoxy) is 1. The van der Waals surface area contributed by atoms with Crippen molar-refractivity contribution in [3.63, 3.8) is 0 Å². The van der Waals surface area contributed by atoms with E-state index in [0.717, 1.165) is 30.0 Å². The highest BCUT2D eigenvalue weighted by molar-refractivity contribution is 14.1. The van der Waals surface area contributed by atoms with E-state index < -0.39 is 0 Å². The first-order valence-electron chi connectivity index (χ1n) is 11.0. The van der Waals surface area contributed by atoms with Crippen molar-refractivity contribution in [2.75, 3.05) is 0 Å². The summed E-state index contributed by atoms with van der Waals surface area (Å²) in [6.07, 6.45) is 4.22. The van der Waals surface area contributed by atoms with Gasteiger partial charge < -0.3 is 4.74 Å². The highest BCUT2D eigenvalue weighted by atomic mass is 127. The fourth-order valence-corrected chi connectivity index (χ4v) is 5.98. The maximum atomic E-state index is 13.9. The summed E-state index contributed by atoms with van der Waals surface area (Å²) in [4.78, 5) is 18.0. The number of hydrogen-bond acceptors (Lipinski definition) is 4. The topological polar surface area (TPSA) is 56.5 Å². The summed E-state index contributed by atoms with van der Waals surface area (Å²) >= 11 is 7.82. The summed E-state index contributed by atoms with van der Waals surface area (Å²) in [7, 11) is 0. The van der Waals surface area contributed by atoms with Crippen LogP contribution < -0.4 is 10.3 Å². The van der Waals surface area contributed by atoms with Gasteiger partial charge in [0.25, 0.3) is 5.56 Å². The minimum absolute atomic E-state index is 0.139. The zero-order valence-electron chi connectivity index (χ0n) is 18.8. The van der Waals surface area contributed by atoms with Gasteiger partial charge in [0, 0.05) is 16.5 Å². The number of nitrogens with zero attached hydrogens (tertiary/aromatic N) is 3. The Balaban J connectivity index is 1.65. The molecule has 0 amide bonds. The molecule has 4 rings (SSSR count). The molecule has 0 fully saturated rings. The van der Waals surface area contributed by atoms with Crippen molar-refractivity contribution in [1.29, 1.82) is 0 Å². The van der Waals surface area contributed by atoms with Crippen LogP contribution >= 0.6 is 61.1 Å². The number of aromatic nitrogens is 2. The van der Waals surface area contributed by atoms with Gasteiger partial charge in [0.15, 0.2) is 0 Å². The van der Waals surface area contributed by atoms with Gasteiger partial charge in [-0.3, -0.25) is 4.79 Å². The van der Waals surface area contributed by atoms with Gasteiger partial charge >= 0.3 is 0 Å². The maximum absolute atomic E-state index is 13.9. The molecule has 1 heterocycles. The molecule has 0 saturated carbocycles. The van der Waals surface area contributed by atoms with Gasteiger partial charge in [0.1, 0.15) is 24.0 Å². The highest BCUT2D eigenvalue weighted by Gasteiger charge is 2.13. The van der Waals surface area contributed by atoms with Crippen LogP contribution in [0, 0.1) is 13.0 Å². The third-order valence-electron chi connectivity index (χ3n) is 5.30. The summed E-state index contributed by atoms with van der Waals surface area (Å²) in [5.41, 5.74) is 1.78. The van der Waals surface area contributed by atoms with Crippen molar-refractivity contribution in [2.24, 2.45) is 5.10 Å². The molecule has 0 radical (unpaired) electrons. The molecule has 35 heavy (non-hydrogen) atoms. The Morgan fingerprint density at radius 2 is 1.89 bits per heavy atom. The van der Waals surface area contributed by atoms with Crippen LogP contribution in [0.25, 0.3) is 10.9 Å². The predicted molar refractivity (Wildman–Crippen MR) is 158 cm³/mol. The lowest BCUT2D eigenvalue weighted by molar-refractivity contribution is 0.295. The van der Waals surface area contributed by atoms with Crippen LogP contribution in [0.2, 0.25) is 0 Å². The van der Waals surface area contributed by atoms with E-state index in [9.17, 15) is 9.18 Å². The molecule has 5 nitrogen and oxygen atoms in total. The molecular weight excluding hydrogens is 739 g/mol. The second kappa shape index (κ2) is 11.9. The van der Waals surface area contributed by atoms with Crippen LogP contribution in [0.5, 0.6) is 5.75 Å². The quantitative estimate of drug-likeness (QED) is 0.140. The van der Waals surface area contributed by atoms with Crippen LogP contribution in [0.3, 0.4) is 0 Å². The third-order valence-corrected chi connectivity index (χ3v) is 7.40. The van der Waals surface area contributed by atoms with Crippen LogP contribution in [0.15, 0.2) is 69.0 Å². The second-order valence-corrected chi connectivity index (χ2v) is 11.1. The number of aryl methyl sites for hydroxylation is 1. The monoisotopic (exact) mass is 759 g/mol. The van der Waals surface area contributed by atoms with Crippen LogP contribution in [0.1, 0.15) is 36.7 Å². The zero-order valence-corrected chi connectivity index (χ0v) is 24.7. The minimum Gasteiger partial charge on any atom is -0.487 e. The van der Waals surface area contributed by atoms with Crippen molar-refractivity contribution in [3.05, 3.63) is 99.3 Å². The van der Waals surface area contributed by atoms with Gasteiger partial charge in [0.2, 0.25) is 0 Å². The number of fused-ring (bicyclic) bond motifs is 1. The minimum atomic E-state index is -0.290. The first-order valence-corrected chi connectivity index (χ1v) is 13.9. The van der Waals surface area contributed by atoms with Crippen molar-refractivity contribution in [3.8, 4) is 5.75 Å². The Morgan fingerprint density at radius 1 is 1.14 bits per heavy atom. The summed E-state index contributed by atoms with van der Waals surface area (Å²) in [6.45, 7) is 2.24. The van der Waals surface area contributed by atoms with E-state index >= 15 is 0 Å². The van der Waals surface area contributed by atoms with Gasteiger partial charge in [-0.15, -0.1) is 0 Å². The van der Waals surface area contributed by atoms with Crippen molar-refractivity contribution >= 4 is 78.2 Å². The molecule has 9 heteroatoms. The van der Waals surface area contributed by atoms with Crippen LogP contribution in [-0.4, -0.2) is 15.9 Å². The lowest BCUT2D eigenvalue weighted by atomic mass is 10.2. The van der Waals surface area contributed by atoms with E-state index in [1.54, 1.807) is 30.5 Å². The molecule has 0 atom stereocenters. The van der Waals surface area contributed by atoms with E-state index in [-0.39, 0.29) is 18.0 Å². The van der Waals surface area contributed by atoms with Gasteiger partial charge in [-0.05, 0) is 93.6 Å². The standard InChI is InChI=1S/C26H21BrFI2N3O2/c1-2-3-8-24-32-23-10-9-18(27)13-19(23)26(34)33(24)31-14-16-11-21(29)25(22(30)12-16)35-15-17-6-4-5-7-20(17)28/h4-7,9-14H,2-3,8,15H2,1H3. The largest absolute Gasteiger partial charge is 0.487 e. The summed E-state index contributed by atoms with van der Waals surface area (Å²) in [5.74, 6) is 1.03. The Morgan fingerprint density at radius 3 is 2.60 bits per heavy atom. The Kier molecular flexibility index (Phi) is 8.92. The fraction of sp³-hybridized carbons (Fsp3) is 0.192. The molecule has 0 spiro atoms. The van der Waals surface area contributed by atoms with Crippen LogP contribution in [-0.2, 0) is 13.0 Å². The average molecular weight is 760 g/mol. The molecule has 0 bridgehead atoms.